The Morgan fingerprint density at radius 2 is 2.00 bits per heavy atom. The standard InChI is InChI=1S/C15H19ClN2/c1-3-18-15(9-12(2)17-18)10-14(11-16)13-7-5-4-6-8-13/h4-9,14H,3,10-11H2,1-2H3. The van der Waals surface area contributed by atoms with E-state index in [1.807, 2.05) is 13.0 Å². The van der Waals surface area contributed by atoms with Crippen LogP contribution in [0.15, 0.2) is 36.4 Å². The third kappa shape index (κ3) is 2.94. The van der Waals surface area contributed by atoms with E-state index in [1.54, 1.807) is 0 Å². The summed E-state index contributed by atoms with van der Waals surface area (Å²) in [5.74, 6) is 0.993. The molecule has 2 aromatic rings. The lowest BCUT2D eigenvalue weighted by Crippen LogP contribution is -2.10. The van der Waals surface area contributed by atoms with Crippen molar-refractivity contribution < 1.29 is 0 Å². The molecule has 2 nitrogen and oxygen atoms in total. The monoisotopic (exact) mass is 262 g/mol. The minimum absolute atomic E-state index is 0.356. The summed E-state index contributed by atoms with van der Waals surface area (Å²) in [6.45, 7) is 5.06. The van der Waals surface area contributed by atoms with Gasteiger partial charge in [0.1, 0.15) is 0 Å². The Kier molecular flexibility index (Phi) is 4.43. The van der Waals surface area contributed by atoms with Crippen molar-refractivity contribution in [3.05, 3.63) is 53.3 Å². The van der Waals surface area contributed by atoms with E-state index in [0.29, 0.717) is 11.8 Å². The SMILES string of the molecule is CCn1nc(C)cc1CC(CCl)c1ccccc1. The highest BCUT2D eigenvalue weighted by Gasteiger charge is 2.14. The fraction of sp³-hybridized carbons (Fsp3) is 0.400. The van der Waals surface area contributed by atoms with Gasteiger partial charge in [0.25, 0.3) is 0 Å². The molecule has 1 aromatic carbocycles. The van der Waals surface area contributed by atoms with Gasteiger partial charge in [0.15, 0.2) is 0 Å². The number of alkyl halides is 1. The summed E-state index contributed by atoms with van der Waals surface area (Å²) in [6.07, 6.45) is 0.947. The Labute approximate surface area is 114 Å². The Morgan fingerprint density at radius 3 is 2.61 bits per heavy atom. The zero-order chi connectivity index (χ0) is 13.0. The first-order valence-corrected chi connectivity index (χ1v) is 6.92. The van der Waals surface area contributed by atoms with Gasteiger partial charge in [-0.25, -0.2) is 0 Å². The van der Waals surface area contributed by atoms with E-state index < -0.39 is 0 Å². The molecule has 96 valence electrons. The number of nitrogens with zero attached hydrogens (tertiary/aromatic N) is 2. The van der Waals surface area contributed by atoms with Crippen LogP contribution in [0.25, 0.3) is 0 Å². The maximum absolute atomic E-state index is 6.12. The summed E-state index contributed by atoms with van der Waals surface area (Å²) < 4.78 is 2.07. The van der Waals surface area contributed by atoms with Gasteiger partial charge >= 0.3 is 0 Å². The van der Waals surface area contributed by atoms with Crippen molar-refractivity contribution in [2.75, 3.05) is 5.88 Å². The van der Waals surface area contributed by atoms with Crippen molar-refractivity contribution >= 4 is 11.6 Å². The smallest absolute Gasteiger partial charge is 0.0596 e. The van der Waals surface area contributed by atoms with E-state index in [0.717, 1.165) is 18.7 Å². The van der Waals surface area contributed by atoms with Gasteiger partial charge in [-0.2, -0.15) is 5.10 Å². The highest BCUT2D eigenvalue weighted by atomic mass is 35.5. The molecule has 0 saturated heterocycles. The third-order valence-electron chi connectivity index (χ3n) is 3.20. The van der Waals surface area contributed by atoms with E-state index in [9.17, 15) is 0 Å². The van der Waals surface area contributed by atoms with Crippen LogP contribution in [0.3, 0.4) is 0 Å². The quantitative estimate of drug-likeness (QED) is 0.750. The summed E-state index contributed by atoms with van der Waals surface area (Å²) in [6, 6.07) is 12.6. The summed E-state index contributed by atoms with van der Waals surface area (Å²) in [7, 11) is 0. The van der Waals surface area contributed by atoms with Crippen LogP contribution in [-0.2, 0) is 13.0 Å². The average Bonchev–Trinajstić information content (AvgIpc) is 2.77. The molecule has 0 bridgehead atoms. The Bertz CT molecular complexity index is 490. The van der Waals surface area contributed by atoms with Crippen LogP contribution in [-0.4, -0.2) is 15.7 Å². The molecule has 1 aromatic heterocycles. The maximum Gasteiger partial charge on any atom is 0.0596 e. The fourth-order valence-corrected chi connectivity index (χ4v) is 2.56. The number of aromatic nitrogens is 2. The summed E-state index contributed by atoms with van der Waals surface area (Å²) >= 11 is 6.12. The molecule has 0 radical (unpaired) electrons. The molecule has 0 saturated carbocycles. The lowest BCUT2D eigenvalue weighted by Gasteiger charge is -2.15. The zero-order valence-electron chi connectivity index (χ0n) is 10.9. The van der Waals surface area contributed by atoms with Gasteiger partial charge in [0.2, 0.25) is 0 Å². The molecule has 1 heterocycles. The van der Waals surface area contributed by atoms with Crippen LogP contribution >= 0.6 is 11.6 Å². The lowest BCUT2D eigenvalue weighted by atomic mass is 9.96. The van der Waals surface area contributed by atoms with Crippen molar-refractivity contribution in [1.82, 2.24) is 9.78 Å². The zero-order valence-corrected chi connectivity index (χ0v) is 11.7. The van der Waals surface area contributed by atoms with Crippen LogP contribution in [0.1, 0.15) is 29.8 Å². The first-order chi connectivity index (χ1) is 8.74. The van der Waals surface area contributed by atoms with Gasteiger partial charge in [-0.15, -0.1) is 11.6 Å². The van der Waals surface area contributed by atoms with Gasteiger partial charge in [-0.05, 0) is 31.9 Å². The Morgan fingerprint density at radius 1 is 1.28 bits per heavy atom. The van der Waals surface area contributed by atoms with Crippen molar-refractivity contribution in [2.24, 2.45) is 0 Å². The van der Waals surface area contributed by atoms with Crippen LogP contribution < -0.4 is 0 Å². The second-order valence-electron chi connectivity index (χ2n) is 4.56. The van der Waals surface area contributed by atoms with E-state index in [2.05, 4.69) is 47.0 Å². The predicted octanol–water partition coefficient (Wildman–Crippen LogP) is 3.78. The van der Waals surface area contributed by atoms with Gasteiger partial charge in [-0.1, -0.05) is 30.3 Å². The molecule has 0 aliphatic carbocycles. The molecular weight excluding hydrogens is 244 g/mol. The van der Waals surface area contributed by atoms with Gasteiger partial charge in [0.05, 0.1) is 5.69 Å². The number of hydrogen-bond acceptors (Lipinski definition) is 1. The normalized spacial score (nSPS) is 12.6. The highest BCUT2D eigenvalue weighted by molar-refractivity contribution is 6.18. The van der Waals surface area contributed by atoms with Crippen LogP contribution in [0.5, 0.6) is 0 Å². The molecule has 0 fully saturated rings. The molecule has 0 amide bonds. The van der Waals surface area contributed by atoms with Crippen molar-refractivity contribution in [2.45, 2.75) is 32.7 Å². The molecule has 3 heteroatoms. The van der Waals surface area contributed by atoms with E-state index >= 15 is 0 Å². The first kappa shape index (κ1) is 13.2. The fourth-order valence-electron chi connectivity index (χ4n) is 2.28. The van der Waals surface area contributed by atoms with Crippen molar-refractivity contribution in [3.8, 4) is 0 Å². The minimum Gasteiger partial charge on any atom is -0.270 e. The van der Waals surface area contributed by atoms with Crippen molar-refractivity contribution in [1.29, 1.82) is 0 Å². The number of benzene rings is 1. The van der Waals surface area contributed by atoms with Gasteiger partial charge < -0.3 is 0 Å². The van der Waals surface area contributed by atoms with Crippen LogP contribution in [0, 0.1) is 6.92 Å². The molecule has 1 atom stereocenters. The Hall–Kier alpha value is -1.28. The van der Waals surface area contributed by atoms with Gasteiger partial charge in [0, 0.05) is 24.0 Å². The lowest BCUT2D eigenvalue weighted by molar-refractivity contribution is 0.595. The molecule has 1 unspecified atom stereocenters. The number of hydrogen-bond donors (Lipinski definition) is 0. The first-order valence-electron chi connectivity index (χ1n) is 6.38. The summed E-state index contributed by atoms with van der Waals surface area (Å²) in [4.78, 5) is 0. The van der Waals surface area contributed by atoms with E-state index in [-0.39, 0.29) is 0 Å². The third-order valence-corrected chi connectivity index (χ3v) is 3.57. The largest absolute Gasteiger partial charge is 0.270 e. The summed E-state index contributed by atoms with van der Waals surface area (Å²) in [5, 5.41) is 4.48. The topological polar surface area (TPSA) is 17.8 Å². The van der Waals surface area contributed by atoms with Crippen LogP contribution in [0.4, 0.5) is 0 Å². The molecule has 0 spiro atoms. The second kappa shape index (κ2) is 6.05. The molecule has 0 N–H and O–H groups in total. The average molecular weight is 263 g/mol. The molecule has 0 aliphatic rings. The predicted molar refractivity (Wildman–Crippen MR) is 76.2 cm³/mol. The van der Waals surface area contributed by atoms with E-state index in [1.165, 1.54) is 11.3 Å². The molecule has 18 heavy (non-hydrogen) atoms. The number of halogens is 1. The second-order valence-corrected chi connectivity index (χ2v) is 4.87. The number of rotatable bonds is 5. The number of aryl methyl sites for hydroxylation is 2. The minimum atomic E-state index is 0.356. The molecular formula is C15H19ClN2. The van der Waals surface area contributed by atoms with Crippen molar-refractivity contribution in [3.63, 3.8) is 0 Å². The van der Waals surface area contributed by atoms with Crippen LogP contribution in [0.2, 0.25) is 0 Å². The summed E-state index contributed by atoms with van der Waals surface area (Å²) in [5.41, 5.74) is 3.65. The molecule has 0 aliphatic heterocycles. The highest BCUT2D eigenvalue weighted by Crippen LogP contribution is 2.22. The molecule has 2 rings (SSSR count). The maximum atomic E-state index is 6.12. The van der Waals surface area contributed by atoms with E-state index in [4.69, 9.17) is 11.6 Å². The Balaban J connectivity index is 2.20. The van der Waals surface area contributed by atoms with Gasteiger partial charge in [-0.3, -0.25) is 4.68 Å².